The fraction of sp³-hybridized carbons (Fsp3) is 0.276. The van der Waals surface area contributed by atoms with Crippen LogP contribution in [0.1, 0.15) is 31.9 Å². The van der Waals surface area contributed by atoms with Gasteiger partial charge in [0.25, 0.3) is 11.8 Å². The van der Waals surface area contributed by atoms with Crippen LogP contribution in [0.5, 0.6) is 11.5 Å². The molecular formula is C29H31Cl2N3O4. The molecule has 0 aliphatic rings. The number of hydrogen-bond donors (Lipinski definition) is 2. The zero-order valence-electron chi connectivity index (χ0n) is 21.5. The van der Waals surface area contributed by atoms with E-state index in [9.17, 15) is 9.59 Å². The highest BCUT2D eigenvalue weighted by Crippen LogP contribution is 2.28. The van der Waals surface area contributed by atoms with Crippen LogP contribution in [0.25, 0.3) is 0 Å². The second kappa shape index (κ2) is 14.4. The summed E-state index contributed by atoms with van der Waals surface area (Å²) in [5.74, 6) is 0.565. The van der Waals surface area contributed by atoms with Crippen molar-refractivity contribution in [3.05, 3.63) is 94.0 Å². The monoisotopic (exact) mass is 555 g/mol. The van der Waals surface area contributed by atoms with E-state index in [-0.39, 0.29) is 11.4 Å². The number of nitrogens with one attached hydrogen (secondary N) is 2. The first-order valence-electron chi connectivity index (χ1n) is 12.2. The minimum absolute atomic E-state index is 0.268. The zero-order chi connectivity index (χ0) is 27.5. The van der Waals surface area contributed by atoms with E-state index in [0.717, 1.165) is 16.9 Å². The molecule has 3 aromatic carbocycles. The summed E-state index contributed by atoms with van der Waals surface area (Å²) in [5.41, 5.74) is 4.19. The molecule has 2 N–H and O–H groups in total. The van der Waals surface area contributed by atoms with Gasteiger partial charge in [-0.15, -0.1) is 0 Å². The molecule has 0 spiro atoms. The molecule has 0 aliphatic carbocycles. The Morgan fingerprint density at radius 2 is 1.66 bits per heavy atom. The standard InChI is InChI=1S/C29H31Cl2N3O4/c1-19(2)18-37-24-12-9-22(10-13-24)17-32-34-29(36)26(15-21-7-5-4-6-8-21)33-28(35)20(3)38-27-14-11-23(30)16-25(27)31/h4-14,16-17,19-20,26H,15,18H2,1-3H3,(H,33,35)(H,34,36)/b32-17-/t20-,26+/m0/s1. The molecule has 0 radical (unpaired) electrons. The molecule has 0 saturated carbocycles. The molecule has 200 valence electrons. The lowest BCUT2D eigenvalue weighted by molar-refractivity contribution is -0.132. The number of carbonyl (C=O) groups excluding carboxylic acids is 2. The molecule has 3 rings (SSSR count). The highest BCUT2D eigenvalue weighted by molar-refractivity contribution is 6.35. The maximum Gasteiger partial charge on any atom is 0.262 e. The van der Waals surface area contributed by atoms with E-state index >= 15 is 0 Å². The number of halogens is 2. The van der Waals surface area contributed by atoms with Crippen molar-refractivity contribution in [2.24, 2.45) is 11.0 Å². The Labute approximate surface area is 233 Å². The Bertz CT molecular complexity index is 1230. The van der Waals surface area contributed by atoms with Crippen LogP contribution < -0.4 is 20.2 Å². The van der Waals surface area contributed by atoms with Crippen LogP contribution >= 0.6 is 23.2 Å². The number of nitrogens with zero attached hydrogens (tertiary/aromatic N) is 1. The molecule has 0 heterocycles. The molecule has 0 fully saturated rings. The molecule has 3 aromatic rings. The lowest BCUT2D eigenvalue weighted by Crippen LogP contribution is -2.50. The van der Waals surface area contributed by atoms with Crippen LogP contribution in [-0.2, 0) is 16.0 Å². The first kappa shape index (κ1) is 29.0. The molecule has 0 unspecified atom stereocenters. The minimum Gasteiger partial charge on any atom is -0.493 e. The van der Waals surface area contributed by atoms with Crippen LogP contribution in [0.4, 0.5) is 0 Å². The number of carbonyl (C=O) groups is 2. The number of benzene rings is 3. The van der Waals surface area contributed by atoms with Gasteiger partial charge in [-0.05, 0) is 66.4 Å². The normalized spacial score (nSPS) is 12.7. The highest BCUT2D eigenvalue weighted by atomic mass is 35.5. The first-order chi connectivity index (χ1) is 18.2. The number of hydrazone groups is 1. The van der Waals surface area contributed by atoms with Crippen molar-refractivity contribution >= 4 is 41.2 Å². The molecule has 2 amide bonds. The lowest BCUT2D eigenvalue weighted by Gasteiger charge is -2.21. The molecule has 0 aliphatic heterocycles. The van der Waals surface area contributed by atoms with Crippen LogP contribution in [0.2, 0.25) is 10.0 Å². The second-order valence-corrected chi connectivity index (χ2v) is 9.94. The van der Waals surface area contributed by atoms with Crippen molar-refractivity contribution < 1.29 is 19.1 Å². The highest BCUT2D eigenvalue weighted by Gasteiger charge is 2.25. The summed E-state index contributed by atoms with van der Waals surface area (Å²) >= 11 is 12.1. The Hall–Kier alpha value is -3.55. The summed E-state index contributed by atoms with van der Waals surface area (Å²) in [5, 5.41) is 7.57. The molecule has 0 saturated heterocycles. The van der Waals surface area contributed by atoms with Crippen LogP contribution in [0.3, 0.4) is 0 Å². The van der Waals surface area contributed by atoms with E-state index in [1.54, 1.807) is 19.1 Å². The van der Waals surface area contributed by atoms with Crippen molar-refractivity contribution in [1.29, 1.82) is 0 Å². The Morgan fingerprint density at radius 3 is 2.32 bits per heavy atom. The molecule has 0 bridgehead atoms. The third kappa shape index (κ3) is 9.39. The average molecular weight is 556 g/mol. The SMILES string of the molecule is CC(C)COc1ccc(/C=N\NC(=O)[C@@H](Cc2ccccc2)NC(=O)[C@H](C)Oc2ccc(Cl)cc2Cl)cc1. The molecular weight excluding hydrogens is 525 g/mol. The van der Waals surface area contributed by atoms with Gasteiger partial charge in [0.15, 0.2) is 6.10 Å². The Balaban J connectivity index is 1.63. The van der Waals surface area contributed by atoms with E-state index in [1.807, 2.05) is 54.6 Å². The van der Waals surface area contributed by atoms with Crippen molar-refractivity contribution in [1.82, 2.24) is 10.7 Å². The van der Waals surface area contributed by atoms with Crippen LogP contribution in [-0.4, -0.2) is 36.8 Å². The summed E-state index contributed by atoms with van der Waals surface area (Å²) in [6, 6.07) is 20.6. The quantitative estimate of drug-likeness (QED) is 0.222. The number of ether oxygens (including phenoxy) is 2. The van der Waals surface area contributed by atoms with E-state index < -0.39 is 24.0 Å². The molecule has 38 heavy (non-hydrogen) atoms. The van der Waals surface area contributed by atoms with Gasteiger partial charge >= 0.3 is 0 Å². The third-order valence-electron chi connectivity index (χ3n) is 5.33. The van der Waals surface area contributed by atoms with Gasteiger partial charge in [0.2, 0.25) is 0 Å². The smallest absolute Gasteiger partial charge is 0.262 e. The van der Waals surface area contributed by atoms with E-state index in [2.05, 4.69) is 29.7 Å². The fourth-order valence-electron chi connectivity index (χ4n) is 3.32. The summed E-state index contributed by atoms with van der Waals surface area (Å²) in [6.07, 6.45) is 0.879. The number of rotatable bonds is 12. The second-order valence-electron chi connectivity index (χ2n) is 9.09. The van der Waals surface area contributed by atoms with Gasteiger partial charge < -0.3 is 14.8 Å². The van der Waals surface area contributed by atoms with Gasteiger partial charge in [-0.1, -0.05) is 67.4 Å². The fourth-order valence-corrected chi connectivity index (χ4v) is 3.78. The summed E-state index contributed by atoms with van der Waals surface area (Å²) in [6.45, 7) is 6.37. The van der Waals surface area contributed by atoms with Crippen molar-refractivity contribution in [3.63, 3.8) is 0 Å². The summed E-state index contributed by atoms with van der Waals surface area (Å²) < 4.78 is 11.4. The topological polar surface area (TPSA) is 89.0 Å². The maximum atomic E-state index is 13.0. The van der Waals surface area contributed by atoms with E-state index in [4.69, 9.17) is 32.7 Å². The van der Waals surface area contributed by atoms with Crippen molar-refractivity contribution in [2.45, 2.75) is 39.3 Å². The molecule has 9 heteroatoms. The van der Waals surface area contributed by atoms with E-state index in [1.165, 1.54) is 12.3 Å². The van der Waals surface area contributed by atoms with Gasteiger partial charge in [0.05, 0.1) is 17.8 Å². The lowest BCUT2D eigenvalue weighted by atomic mass is 10.1. The number of amides is 2. The van der Waals surface area contributed by atoms with E-state index in [0.29, 0.717) is 23.3 Å². The zero-order valence-corrected chi connectivity index (χ0v) is 23.0. The largest absolute Gasteiger partial charge is 0.493 e. The van der Waals surface area contributed by atoms with Crippen molar-refractivity contribution in [2.75, 3.05) is 6.61 Å². The van der Waals surface area contributed by atoms with Gasteiger partial charge in [-0.25, -0.2) is 5.43 Å². The third-order valence-corrected chi connectivity index (χ3v) is 5.86. The molecule has 7 nitrogen and oxygen atoms in total. The summed E-state index contributed by atoms with van der Waals surface area (Å²) in [7, 11) is 0. The van der Waals surface area contributed by atoms with Crippen LogP contribution in [0.15, 0.2) is 77.9 Å². The predicted octanol–water partition coefficient (Wildman–Crippen LogP) is 5.67. The van der Waals surface area contributed by atoms with Gasteiger partial charge in [0.1, 0.15) is 17.5 Å². The van der Waals surface area contributed by atoms with Crippen molar-refractivity contribution in [3.8, 4) is 11.5 Å². The Morgan fingerprint density at radius 1 is 0.947 bits per heavy atom. The predicted molar refractivity (Wildman–Crippen MR) is 151 cm³/mol. The van der Waals surface area contributed by atoms with Gasteiger partial charge in [0, 0.05) is 11.4 Å². The molecule has 0 aromatic heterocycles. The maximum absolute atomic E-state index is 13.0. The summed E-state index contributed by atoms with van der Waals surface area (Å²) in [4.78, 5) is 25.9. The molecule has 2 atom stereocenters. The van der Waals surface area contributed by atoms with Gasteiger partial charge in [-0.2, -0.15) is 5.10 Å². The van der Waals surface area contributed by atoms with Crippen LogP contribution in [0, 0.1) is 5.92 Å². The Kier molecular flexibility index (Phi) is 11.0. The average Bonchev–Trinajstić information content (AvgIpc) is 2.89. The minimum atomic E-state index is -0.917. The van der Waals surface area contributed by atoms with Gasteiger partial charge in [-0.3, -0.25) is 9.59 Å². The number of hydrogen-bond acceptors (Lipinski definition) is 5. The first-order valence-corrected chi connectivity index (χ1v) is 13.0.